The molecule has 0 atom stereocenters. The Morgan fingerprint density at radius 1 is 0.889 bits per heavy atom. The van der Waals surface area contributed by atoms with Gasteiger partial charge in [0.05, 0.1) is 0 Å². The van der Waals surface area contributed by atoms with Crippen LogP contribution in [0.15, 0.2) is 11.6 Å². The van der Waals surface area contributed by atoms with Crippen LogP contribution in [-0.4, -0.2) is 11.8 Å². The minimum absolute atomic E-state index is 0.341. The summed E-state index contributed by atoms with van der Waals surface area (Å²) in [5.41, 5.74) is 10.5. The van der Waals surface area contributed by atoms with Crippen molar-refractivity contribution in [3.63, 3.8) is 0 Å². The van der Waals surface area contributed by atoms with E-state index in [0.717, 1.165) is 18.9 Å². The predicted octanol–water partition coefficient (Wildman–Crippen LogP) is 2.41. The van der Waals surface area contributed by atoms with Gasteiger partial charge in [0.2, 0.25) is 11.8 Å². The number of primary amides is 2. The molecule has 0 unspecified atom stereocenters. The fourth-order valence-electron chi connectivity index (χ4n) is 1.89. The first-order chi connectivity index (χ1) is 8.57. The maximum Gasteiger partial charge on any atom is 0.244 e. The van der Waals surface area contributed by atoms with Crippen LogP contribution in [0.5, 0.6) is 0 Å². The molecule has 0 radical (unpaired) electrons. The van der Waals surface area contributed by atoms with Gasteiger partial charge in [-0.15, -0.1) is 0 Å². The summed E-state index contributed by atoms with van der Waals surface area (Å²) in [5.74, 6) is -1.15. The van der Waals surface area contributed by atoms with Gasteiger partial charge in [-0.1, -0.05) is 51.9 Å². The van der Waals surface area contributed by atoms with Gasteiger partial charge in [0.25, 0.3) is 0 Å². The molecule has 18 heavy (non-hydrogen) atoms. The molecule has 0 saturated carbocycles. The lowest BCUT2D eigenvalue weighted by atomic mass is 10.0. The summed E-state index contributed by atoms with van der Waals surface area (Å²) in [7, 11) is 0. The van der Waals surface area contributed by atoms with Crippen molar-refractivity contribution in [3.05, 3.63) is 11.6 Å². The van der Waals surface area contributed by atoms with Gasteiger partial charge >= 0.3 is 0 Å². The second-order valence-corrected chi connectivity index (χ2v) is 4.66. The van der Waals surface area contributed by atoms with E-state index in [0.29, 0.717) is 12.0 Å². The zero-order valence-electron chi connectivity index (χ0n) is 11.4. The molecule has 0 aromatic rings. The molecular formula is C14H26N2O2. The quantitative estimate of drug-likeness (QED) is 0.438. The van der Waals surface area contributed by atoms with Gasteiger partial charge in [-0.3, -0.25) is 9.59 Å². The van der Waals surface area contributed by atoms with Crippen LogP contribution in [0.4, 0.5) is 0 Å². The number of unbranched alkanes of at least 4 members (excludes halogenated alkanes) is 7. The molecule has 0 saturated heterocycles. The van der Waals surface area contributed by atoms with Crippen LogP contribution in [0, 0.1) is 0 Å². The van der Waals surface area contributed by atoms with E-state index in [9.17, 15) is 9.59 Å². The third-order valence-electron chi connectivity index (χ3n) is 2.93. The van der Waals surface area contributed by atoms with E-state index in [-0.39, 0.29) is 0 Å². The molecule has 4 heteroatoms. The van der Waals surface area contributed by atoms with Crippen LogP contribution in [0.2, 0.25) is 0 Å². The first-order valence-corrected chi connectivity index (χ1v) is 6.87. The van der Waals surface area contributed by atoms with Crippen molar-refractivity contribution in [1.29, 1.82) is 0 Å². The molecule has 0 aliphatic heterocycles. The minimum Gasteiger partial charge on any atom is -0.366 e. The van der Waals surface area contributed by atoms with Crippen LogP contribution in [0.25, 0.3) is 0 Å². The highest BCUT2D eigenvalue weighted by Gasteiger charge is 2.05. The summed E-state index contributed by atoms with van der Waals surface area (Å²) in [6.45, 7) is 2.20. The highest BCUT2D eigenvalue weighted by molar-refractivity contribution is 5.99. The van der Waals surface area contributed by atoms with Gasteiger partial charge in [0.15, 0.2) is 0 Å². The second kappa shape index (κ2) is 10.8. The van der Waals surface area contributed by atoms with E-state index in [1.54, 1.807) is 0 Å². The molecule has 0 fully saturated rings. The Hall–Kier alpha value is -1.32. The van der Waals surface area contributed by atoms with Crippen molar-refractivity contribution < 1.29 is 9.59 Å². The van der Waals surface area contributed by atoms with Gasteiger partial charge in [-0.2, -0.15) is 0 Å². The van der Waals surface area contributed by atoms with Crippen LogP contribution in [0.1, 0.15) is 64.7 Å². The number of hydrogen-bond acceptors (Lipinski definition) is 2. The van der Waals surface area contributed by atoms with E-state index < -0.39 is 11.8 Å². The number of carbonyl (C=O) groups excluding carboxylic acids is 2. The minimum atomic E-state index is -0.608. The lowest BCUT2D eigenvalue weighted by molar-refractivity contribution is -0.116. The molecule has 4 N–H and O–H groups in total. The number of hydrogen-bond donors (Lipinski definition) is 2. The topological polar surface area (TPSA) is 86.2 Å². The van der Waals surface area contributed by atoms with Crippen LogP contribution >= 0.6 is 0 Å². The first-order valence-electron chi connectivity index (χ1n) is 6.87. The molecule has 0 bridgehead atoms. The zero-order chi connectivity index (χ0) is 13.8. The number of rotatable bonds is 11. The number of amides is 2. The van der Waals surface area contributed by atoms with Crippen molar-refractivity contribution in [2.24, 2.45) is 11.5 Å². The Labute approximate surface area is 110 Å². The molecule has 2 amide bonds. The Bertz CT molecular complexity index is 286. The summed E-state index contributed by atoms with van der Waals surface area (Å²) in [6, 6.07) is 0. The van der Waals surface area contributed by atoms with E-state index >= 15 is 0 Å². The number of carbonyl (C=O) groups is 2. The monoisotopic (exact) mass is 254 g/mol. The summed E-state index contributed by atoms with van der Waals surface area (Å²) in [5, 5.41) is 0. The van der Waals surface area contributed by atoms with E-state index in [1.165, 1.54) is 38.5 Å². The zero-order valence-corrected chi connectivity index (χ0v) is 11.4. The predicted molar refractivity (Wildman–Crippen MR) is 73.7 cm³/mol. The van der Waals surface area contributed by atoms with Gasteiger partial charge in [-0.05, 0) is 12.8 Å². The molecular weight excluding hydrogens is 228 g/mol. The number of nitrogens with two attached hydrogens (primary N) is 2. The van der Waals surface area contributed by atoms with Crippen molar-refractivity contribution in [2.75, 3.05) is 0 Å². The van der Waals surface area contributed by atoms with Crippen molar-refractivity contribution in [1.82, 2.24) is 0 Å². The molecule has 4 nitrogen and oxygen atoms in total. The van der Waals surface area contributed by atoms with E-state index in [2.05, 4.69) is 6.92 Å². The summed E-state index contributed by atoms with van der Waals surface area (Å²) < 4.78 is 0. The van der Waals surface area contributed by atoms with E-state index in [4.69, 9.17) is 11.5 Å². The Morgan fingerprint density at radius 2 is 1.39 bits per heavy atom. The maximum absolute atomic E-state index is 11.0. The van der Waals surface area contributed by atoms with Crippen LogP contribution in [0.3, 0.4) is 0 Å². The highest BCUT2D eigenvalue weighted by Crippen LogP contribution is 2.12. The van der Waals surface area contributed by atoms with Crippen LogP contribution < -0.4 is 11.5 Å². The first kappa shape index (κ1) is 16.7. The average molecular weight is 254 g/mol. The molecule has 0 aliphatic carbocycles. The largest absolute Gasteiger partial charge is 0.366 e. The lowest BCUT2D eigenvalue weighted by Crippen LogP contribution is -2.17. The van der Waals surface area contributed by atoms with Gasteiger partial charge in [0.1, 0.15) is 0 Å². The standard InChI is InChI=1S/C14H26N2O2/c1-2-3-4-5-6-7-8-9-10-12(14(16)18)11-13(15)17/h11H,2-10H2,1H3,(H2,15,17)(H2,16,18). The molecule has 104 valence electrons. The van der Waals surface area contributed by atoms with Gasteiger partial charge in [0, 0.05) is 11.6 Å². The Kier molecular flexibility index (Phi) is 10.0. The normalized spacial score (nSPS) is 11.5. The fourth-order valence-corrected chi connectivity index (χ4v) is 1.89. The van der Waals surface area contributed by atoms with Crippen molar-refractivity contribution in [2.45, 2.75) is 64.7 Å². The fraction of sp³-hybridized carbons (Fsp3) is 0.714. The summed E-state index contributed by atoms with van der Waals surface area (Å²) in [6.07, 6.45) is 11.2. The Balaban J connectivity index is 3.63. The smallest absolute Gasteiger partial charge is 0.244 e. The van der Waals surface area contributed by atoms with Gasteiger partial charge < -0.3 is 11.5 Å². The van der Waals surface area contributed by atoms with Gasteiger partial charge in [-0.25, -0.2) is 0 Å². The Morgan fingerprint density at radius 3 is 1.83 bits per heavy atom. The van der Waals surface area contributed by atoms with Crippen molar-refractivity contribution in [3.8, 4) is 0 Å². The molecule has 0 aromatic heterocycles. The lowest BCUT2D eigenvalue weighted by Gasteiger charge is -2.03. The highest BCUT2D eigenvalue weighted by atomic mass is 16.1. The van der Waals surface area contributed by atoms with Crippen LogP contribution in [-0.2, 0) is 9.59 Å². The SMILES string of the molecule is CCCCCCCCCCC(=CC(N)=O)C(N)=O. The third kappa shape index (κ3) is 9.87. The molecule has 0 aromatic carbocycles. The molecule has 0 heterocycles. The average Bonchev–Trinajstić information content (AvgIpc) is 2.30. The van der Waals surface area contributed by atoms with E-state index in [1.807, 2.05) is 0 Å². The molecule has 0 aliphatic rings. The molecule has 0 rings (SSSR count). The third-order valence-corrected chi connectivity index (χ3v) is 2.93. The summed E-state index contributed by atoms with van der Waals surface area (Å²) >= 11 is 0. The maximum atomic E-state index is 11.0. The second-order valence-electron chi connectivity index (χ2n) is 4.66. The summed E-state index contributed by atoms with van der Waals surface area (Å²) in [4.78, 5) is 21.7. The molecule has 0 spiro atoms. The van der Waals surface area contributed by atoms with Crippen molar-refractivity contribution >= 4 is 11.8 Å².